The van der Waals surface area contributed by atoms with Gasteiger partial charge in [-0.3, -0.25) is 4.79 Å². The van der Waals surface area contributed by atoms with Crippen LogP contribution in [0, 0.1) is 16.7 Å². The molecule has 0 radical (unpaired) electrons. The molecule has 1 aliphatic carbocycles. The summed E-state index contributed by atoms with van der Waals surface area (Å²) in [4.78, 5) is 11.3. The van der Waals surface area contributed by atoms with Crippen molar-refractivity contribution in [2.75, 3.05) is 0 Å². The van der Waals surface area contributed by atoms with E-state index in [1.54, 1.807) is 0 Å². The summed E-state index contributed by atoms with van der Waals surface area (Å²) in [6.07, 6.45) is 4.72. The molecule has 0 aliphatic heterocycles. The Morgan fingerprint density at radius 3 is 2.00 bits per heavy atom. The number of carbonyl (C=O) groups excluding carboxylic acids is 1. The monoisotopic (exact) mass is 233 g/mol. The minimum absolute atomic E-state index is 0. The summed E-state index contributed by atoms with van der Waals surface area (Å²) in [6.45, 7) is 8.58. The summed E-state index contributed by atoms with van der Waals surface area (Å²) < 4.78 is 0. The maximum Gasteiger partial charge on any atom is 0.223 e. The van der Waals surface area contributed by atoms with E-state index in [1.165, 1.54) is 12.8 Å². The number of amides is 1. The summed E-state index contributed by atoms with van der Waals surface area (Å²) in [7, 11) is 0. The highest BCUT2D eigenvalue weighted by atomic mass is 35.5. The van der Waals surface area contributed by atoms with Crippen LogP contribution in [0.2, 0.25) is 0 Å². The van der Waals surface area contributed by atoms with Crippen molar-refractivity contribution in [2.24, 2.45) is 22.5 Å². The minimum Gasteiger partial charge on any atom is -0.369 e. The van der Waals surface area contributed by atoms with Gasteiger partial charge in [-0.1, -0.05) is 27.7 Å². The maximum absolute atomic E-state index is 11.3. The van der Waals surface area contributed by atoms with Gasteiger partial charge in [0, 0.05) is 5.41 Å². The first-order chi connectivity index (χ1) is 6.26. The molecule has 1 amide bonds. The zero-order chi connectivity index (χ0) is 11.0. The van der Waals surface area contributed by atoms with E-state index in [4.69, 9.17) is 5.73 Å². The van der Waals surface area contributed by atoms with Gasteiger partial charge in [0.15, 0.2) is 0 Å². The summed E-state index contributed by atoms with van der Waals surface area (Å²) in [5.41, 5.74) is 5.57. The Hall–Kier alpha value is -0.240. The molecular formula is C12H24ClNO. The maximum atomic E-state index is 11.3. The van der Waals surface area contributed by atoms with E-state index in [0.29, 0.717) is 11.3 Å². The standard InChI is InChI=1S/C12H23NO.ClH/c1-11(2)7-5-9(6-8-11)12(3,4)10(13)14;/h9H,5-8H2,1-4H3,(H2,13,14);1H. The van der Waals surface area contributed by atoms with E-state index in [2.05, 4.69) is 13.8 Å². The fourth-order valence-electron chi connectivity index (χ4n) is 2.32. The van der Waals surface area contributed by atoms with Crippen LogP contribution in [0.15, 0.2) is 0 Å². The van der Waals surface area contributed by atoms with Crippen LogP contribution in [0.5, 0.6) is 0 Å². The Labute approximate surface area is 99.4 Å². The van der Waals surface area contributed by atoms with Crippen molar-refractivity contribution in [2.45, 2.75) is 53.4 Å². The molecule has 1 aliphatic rings. The summed E-state index contributed by atoms with van der Waals surface area (Å²) in [5, 5.41) is 0. The minimum atomic E-state index is -0.323. The van der Waals surface area contributed by atoms with Crippen molar-refractivity contribution in [1.82, 2.24) is 0 Å². The second kappa shape index (κ2) is 4.73. The van der Waals surface area contributed by atoms with Gasteiger partial charge in [-0.15, -0.1) is 12.4 Å². The lowest BCUT2D eigenvalue weighted by Gasteiger charge is -2.40. The molecule has 15 heavy (non-hydrogen) atoms. The first-order valence-electron chi connectivity index (χ1n) is 5.56. The Bertz CT molecular complexity index is 226. The Morgan fingerprint density at radius 2 is 1.67 bits per heavy atom. The predicted octanol–water partition coefficient (Wildman–Crippen LogP) is 3.14. The van der Waals surface area contributed by atoms with Gasteiger partial charge in [-0.25, -0.2) is 0 Å². The summed E-state index contributed by atoms with van der Waals surface area (Å²) in [6, 6.07) is 0. The molecule has 1 fully saturated rings. The fourth-order valence-corrected chi connectivity index (χ4v) is 2.32. The van der Waals surface area contributed by atoms with Crippen molar-refractivity contribution in [3.63, 3.8) is 0 Å². The number of primary amides is 1. The average Bonchev–Trinajstić information content (AvgIpc) is 2.03. The predicted molar refractivity (Wildman–Crippen MR) is 66.0 cm³/mol. The molecular weight excluding hydrogens is 210 g/mol. The quantitative estimate of drug-likeness (QED) is 0.783. The number of rotatable bonds is 2. The highest BCUT2D eigenvalue weighted by Crippen LogP contribution is 2.44. The van der Waals surface area contributed by atoms with Crippen LogP contribution in [0.4, 0.5) is 0 Å². The lowest BCUT2D eigenvalue weighted by molar-refractivity contribution is -0.129. The number of hydrogen-bond donors (Lipinski definition) is 1. The number of hydrogen-bond acceptors (Lipinski definition) is 1. The third-order valence-corrected chi connectivity index (χ3v) is 3.99. The van der Waals surface area contributed by atoms with E-state index in [-0.39, 0.29) is 23.7 Å². The van der Waals surface area contributed by atoms with Crippen LogP contribution in [0.1, 0.15) is 53.4 Å². The third kappa shape index (κ3) is 3.37. The zero-order valence-corrected chi connectivity index (χ0v) is 11.1. The first-order valence-corrected chi connectivity index (χ1v) is 5.56. The number of carbonyl (C=O) groups is 1. The van der Waals surface area contributed by atoms with Crippen LogP contribution in [-0.2, 0) is 4.79 Å². The van der Waals surface area contributed by atoms with Crippen LogP contribution >= 0.6 is 12.4 Å². The van der Waals surface area contributed by atoms with Crippen LogP contribution in [-0.4, -0.2) is 5.91 Å². The van der Waals surface area contributed by atoms with Gasteiger partial charge >= 0.3 is 0 Å². The van der Waals surface area contributed by atoms with E-state index in [0.717, 1.165) is 12.8 Å². The smallest absolute Gasteiger partial charge is 0.223 e. The van der Waals surface area contributed by atoms with E-state index in [9.17, 15) is 4.79 Å². The van der Waals surface area contributed by atoms with Crippen molar-refractivity contribution in [3.8, 4) is 0 Å². The Morgan fingerprint density at radius 1 is 1.27 bits per heavy atom. The van der Waals surface area contributed by atoms with Crippen LogP contribution in [0.25, 0.3) is 0 Å². The second-order valence-electron chi connectivity index (χ2n) is 6.02. The number of nitrogens with two attached hydrogens (primary N) is 1. The lowest BCUT2D eigenvalue weighted by atomic mass is 9.64. The summed E-state index contributed by atoms with van der Waals surface area (Å²) in [5.74, 6) is 0.329. The molecule has 2 nitrogen and oxygen atoms in total. The molecule has 90 valence electrons. The molecule has 0 aromatic heterocycles. The normalized spacial score (nSPS) is 21.9. The molecule has 0 atom stereocenters. The van der Waals surface area contributed by atoms with Gasteiger partial charge < -0.3 is 5.73 Å². The largest absolute Gasteiger partial charge is 0.369 e. The molecule has 2 N–H and O–H groups in total. The molecule has 1 rings (SSSR count). The van der Waals surface area contributed by atoms with E-state index < -0.39 is 0 Å². The molecule has 1 saturated carbocycles. The van der Waals surface area contributed by atoms with Crippen molar-refractivity contribution >= 4 is 18.3 Å². The lowest BCUT2D eigenvalue weighted by Crippen LogP contribution is -2.40. The fraction of sp³-hybridized carbons (Fsp3) is 0.917. The number of halogens is 1. The van der Waals surface area contributed by atoms with Crippen molar-refractivity contribution in [3.05, 3.63) is 0 Å². The van der Waals surface area contributed by atoms with Gasteiger partial charge in [0.25, 0.3) is 0 Å². The Kier molecular flexibility index (Phi) is 4.66. The molecule has 0 aromatic carbocycles. The van der Waals surface area contributed by atoms with Gasteiger partial charge in [0.1, 0.15) is 0 Å². The molecule has 0 heterocycles. The third-order valence-electron chi connectivity index (χ3n) is 3.99. The van der Waals surface area contributed by atoms with Gasteiger partial charge in [0.05, 0.1) is 0 Å². The summed E-state index contributed by atoms with van der Waals surface area (Å²) >= 11 is 0. The molecule has 3 heteroatoms. The highest BCUT2D eigenvalue weighted by molar-refractivity contribution is 5.85. The SMILES string of the molecule is CC1(C)CCC(C(C)(C)C(N)=O)CC1.Cl. The average molecular weight is 234 g/mol. The van der Waals surface area contributed by atoms with Crippen LogP contribution < -0.4 is 5.73 Å². The van der Waals surface area contributed by atoms with Gasteiger partial charge in [-0.2, -0.15) is 0 Å². The highest BCUT2D eigenvalue weighted by Gasteiger charge is 2.39. The van der Waals surface area contributed by atoms with Crippen LogP contribution in [0.3, 0.4) is 0 Å². The topological polar surface area (TPSA) is 43.1 Å². The van der Waals surface area contributed by atoms with E-state index >= 15 is 0 Å². The molecule has 0 saturated heterocycles. The first kappa shape index (κ1) is 14.8. The van der Waals surface area contributed by atoms with Crippen molar-refractivity contribution in [1.29, 1.82) is 0 Å². The molecule has 0 aromatic rings. The molecule has 0 unspecified atom stereocenters. The van der Waals surface area contributed by atoms with Crippen molar-refractivity contribution < 1.29 is 4.79 Å². The Balaban J connectivity index is 0.00000196. The van der Waals surface area contributed by atoms with Gasteiger partial charge in [-0.05, 0) is 37.0 Å². The zero-order valence-electron chi connectivity index (χ0n) is 10.3. The van der Waals surface area contributed by atoms with E-state index in [1.807, 2.05) is 13.8 Å². The molecule has 0 bridgehead atoms. The van der Waals surface area contributed by atoms with Gasteiger partial charge in [0.2, 0.25) is 5.91 Å². The second-order valence-corrected chi connectivity index (χ2v) is 6.02. The molecule has 0 spiro atoms.